The molecule has 2 aromatic heterocycles. The molecule has 0 unspecified atom stereocenters. The Bertz CT molecular complexity index is 550. The van der Waals surface area contributed by atoms with E-state index in [2.05, 4.69) is 15.2 Å². The first-order valence-corrected chi connectivity index (χ1v) is 5.25. The number of thioether (sulfide) groups is 1. The van der Waals surface area contributed by atoms with Crippen LogP contribution in [0.15, 0.2) is 26.7 Å². The summed E-state index contributed by atoms with van der Waals surface area (Å²) < 4.78 is 5.00. The summed E-state index contributed by atoms with van der Waals surface area (Å²) in [6, 6.07) is 1.22. The van der Waals surface area contributed by atoms with E-state index in [4.69, 9.17) is 15.3 Å². The minimum atomic E-state index is -0.476. The third kappa shape index (κ3) is 2.34. The molecule has 0 fully saturated rings. The normalized spacial score (nSPS) is 10.5. The summed E-state index contributed by atoms with van der Waals surface area (Å²) in [6.45, 7) is 0. The minimum Gasteiger partial charge on any atom is -0.502 e. The van der Waals surface area contributed by atoms with Gasteiger partial charge in [-0.25, -0.2) is 5.10 Å². The van der Waals surface area contributed by atoms with Crippen molar-refractivity contribution in [2.24, 2.45) is 0 Å². The molecule has 2 rings (SSSR count). The first-order valence-electron chi connectivity index (χ1n) is 4.26. The van der Waals surface area contributed by atoms with Crippen molar-refractivity contribution >= 4 is 17.7 Å². The molecular formula is C8H8N4O3S. The number of nitrogens with one attached hydrogen (secondary N) is 1. The highest BCUT2D eigenvalue weighted by molar-refractivity contribution is 7.98. The molecule has 0 amide bonds. The highest BCUT2D eigenvalue weighted by atomic mass is 32.2. The summed E-state index contributed by atoms with van der Waals surface area (Å²) in [4.78, 5) is 14.9. The van der Waals surface area contributed by atoms with E-state index in [1.54, 1.807) is 0 Å². The summed E-state index contributed by atoms with van der Waals surface area (Å²) >= 11 is 1.26. The highest BCUT2D eigenvalue weighted by Gasteiger charge is 2.05. The van der Waals surface area contributed by atoms with Crippen LogP contribution in [-0.2, 0) is 5.75 Å². The van der Waals surface area contributed by atoms with Crippen LogP contribution in [0.3, 0.4) is 0 Å². The number of aromatic hydroxyl groups is 1. The zero-order chi connectivity index (χ0) is 11.5. The van der Waals surface area contributed by atoms with Crippen molar-refractivity contribution in [1.82, 2.24) is 15.2 Å². The Hall–Kier alpha value is -1.96. The van der Waals surface area contributed by atoms with Gasteiger partial charge in [-0.15, -0.1) is 5.10 Å². The Morgan fingerprint density at radius 2 is 2.44 bits per heavy atom. The van der Waals surface area contributed by atoms with Crippen molar-refractivity contribution in [3.8, 4) is 5.75 Å². The number of hydrogen-bond donors (Lipinski definition) is 3. The van der Waals surface area contributed by atoms with Gasteiger partial charge in [-0.3, -0.25) is 4.79 Å². The lowest BCUT2D eigenvalue weighted by Gasteiger charge is -1.97. The topological polar surface area (TPSA) is 118 Å². The molecule has 0 atom stereocenters. The molecule has 0 aromatic carbocycles. The number of H-pyrrole nitrogens is 1. The molecule has 0 bridgehead atoms. The number of rotatable bonds is 3. The zero-order valence-corrected chi connectivity index (χ0v) is 8.82. The minimum absolute atomic E-state index is 0.231. The molecule has 84 valence electrons. The Balaban J connectivity index is 2.05. The standard InChI is InChI=1S/C8H8N4O3S/c9-7-10-8(12-11-7)16-3-4-1-5(13)6(14)2-15-4/h1-2,14H,3H2,(H3,9,10,11,12). The largest absolute Gasteiger partial charge is 0.502 e. The first kappa shape index (κ1) is 10.6. The number of aromatic nitrogens is 3. The molecule has 4 N–H and O–H groups in total. The van der Waals surface area contributed by atoms with Crippen LogP contribution < -0.4 is 11.2 Å². The lowest BCUT2D eigenvalue weighted by molar-refractivity contribution is 0.419. The van der Waals surface area contributed by atoms with Crippen LogP contribution in [0.5, 0.6) is 5.75 Å². The Kier molecular flexibility index (Phi) is 2.82. The lowest BCUT2D eigenvalue weighted by Crippen LogP contribution is -1.99. The van der Waals surface area contributed by atoms with E-state index in [0.29, 0.717) is 16.7 Å². The third-order valence-electron chi connectivity index (χ3n) is 1.69. The van der Waals surface area contributed by atoms with Gasteiger partial charge >= 0.3 is 0 Å². The maximum absolute atomic E-state index is 11.1. The molecule has 16 heavy (non-hydrogen) atoms. The second-order valence-corrected chi connectivity index (χ2v) is 3.83. The fourth-order valence-electron chi connectivity index (χ4n) is 0.978. The molecular weight excluding hydrogens is 232 g/mol. The summed E-state index contributed by atoms with van der Waals surface area (Å²) in [7, 11) is 0. The van der Waals surface area contributed by atoms with Crippen LogP contribution in [0.25, 0.3) is 0 Å². The second-order valence-electron chi connectivity index (χ2n) is 2.89. The van der Waals surface area contributed by atoms with Gasteiger partial charge in [0.15, 0.2) is 5.75 Å². The van der Waals surface area contributed by atoms with Gasteiger partial charge < -0.3 is 15.3 Å². The van der Waals surface area contributed by atoms with Gasteiger partial charge in [-0.05, 0) is 0 Å². The van der Waals surface area contributed by atoms with E-state index in [0.717, 1.165) is 6.26 Å². The molecule has 0 aliphatic heterocycles. The number of aromatic amines is 1. The van der Waals surface area contributed by atoms with E-state index in [1.807, 2.05) is 0 Å². The number of nitrogens with zero attached hydrogens (tertiary/aromatic N) is 2. The molecule has 0 spiro atoms. The van der Waals surface area contributed by atoms with Gasteiger partial charge in [0.2, 0.25) is 16.5 Å². The maximum atomic E-state index is 11.1. The van der Waals surface area contributed by atoms with Gasteiger partial charge in [0, 0.05) is 6.07 Å². The molecule has 2 heterocycles. The maximum Gasteiger partial charge on any atom is 0.226 e. The fourth-order valence-corrected chi connectivity index (χ4v) is 1.67. The SMILES string of the molecule is Nc1nc(SCc2cc(=O)c(O)co2)n[nH]1. The van der Waals surface area contributed by atoms with Gasteiger partial charge in [0.1, 0.15) is 12.0 Å². The van der Waals surface area contributed by atoms with Crippen LogP contribution in [-0.4, -0.2) is 20.3 Å². The number of nitrogen functional groups attached to an aromatic ring is 1. The average Bonchev–Trinajstić information content (AvgIpc) is 2.66. The lowest BCUT2D eigenvalue weighted by atomic mass is 10.4. The summed E-state index contributed by atoms with van der Waals surface area (Å²) in [5.41, 5.74) is 4.87. The van der Waals surface area contributed by atoms with Gasteiger partial charge in [0.25, 0.3) is 0 Å². The van der Waals surface area contributed by atoms with Crippen LogP contribution >= 0.6 is 11.8 Å². The van der Waals surface area contributed by atoms with Crippen molar-refractivity contribution in [2.45, 2.75) is 10.9 Å². The molecule has 0 aliphatic rings. The predicted octanol–water partition coefficient (Wildman–Crippen LogP) is 0.338. The summed E-state index contributed by atoms with van der Waals surface area (Å²) in [5.74, 6) is 0.633. The van der Waals surface area contributed by atoms with Crippen molar-refractivity contribution in [2.75, 3.05) is 5.73 Å². The summed E-state index contributed by atoms with van der Waals surface area (Å²) in [5, 5.41) is 15.7. The van der Waals surface area contributed by atoms with Crippen LogP contribution in [0.2, 0.25) is 0 Å². The van der Waals surface area contributed by atoms with Gasteiger partial charge in [-0.2, -0.15) is 4.98 Å². The second kappa shape index (κ2) is 4.27. The summed E-state index contributed by atoms with van der Waals surface area (Å²) in [6.07, 6.45) is 1.00. The smallest absolute Gasteiger partial charge is 0.226 e. The van der Waals surface area contributed by atoms with E-state index in [1.165, 1.54) is 17.8 Å². The molecule has 0 aliphatic carbocycles. The van der Waals surface area contributed by atoms with Crippen molar-refractivity contribution in [3.05, 3.63) is 28.3 Å². The van der Waals surface area contributed by atoms with E-state index < -0.39 is 11.2 Å². The van der Waals surface area contributed by atoms with E-state index in [-0.39, 0.29) is 5.95 Å². The average molecular weight is 240 g/mol. The first-order chi connectivity index (χ1) is 7.65. The monoisotopic (exact) mass is 240 g/mol. The van der Waals surface area contributed by atoms with Crippen LogP contribution in [0.4, 0.5) is 5.95 Å². The zero-order valence-electron chi connectivity index (χ0n) is 8.01. The third-order valence-corrected chi connectivity index (χ3v) is 2.56. The van der Waals surface area contributed by atoms with Gasteiger partial charge in [0.05, 0.1) is 5.75 Å². The molecule has 7 nitrogen and oxygen atoms in total. The fraction of sp³-hybridized carbons (Fsp3) is 0.125. The van der Waals surface area contributed by atoms with Crippen molar-refractivity contribution in [1.29, 1.82) is 0 Å². The Morgan fingerprint density at radius 1 is 1.62 bits per heavy atom. The van der Waals surface area contributed by atoms with Crippen molar-refractivity contribution < 1.29 is 9.52 Å². The molecule has 0 radical (unpaired) electrons. The highest BCUT2D eigenvalue weighted by Crippen LogP contribution is 2.19. The van der Waals surface area contributed by atoms with Gasteiger partial charge in [-0.1, -0.05) is 11.8 Å². The molecule has 8 heteroatoms. The molecule has 0 saturated carbocycles. The van der Waals surface area contributed by atoms with E-state index >= 15 is 0 Å². The Morgan fingerprint density at radius 3 is 3.06 bits per heavy atom. The molecule has 2 aromatic rings. The Labute approximate surface area is 93.7 Å². The number of anilines is 1. The van der Waals surface area contributed by atoms with Crippen molar-refractivity contribution in [3.63, 3.8) is 0 Å². The van der Waals surface area contributed by atoms with E-state index in [9.17, 15) is 4.79 Å². The number of nitrogens with two attached hydrogens (primary N) is 1. The predicted molar refractivity (Wildman–Crippen MR) is 57.0 cm³/mol. The van der Waals surface area contributed by atoms with Crippen LogP contribution in [0, 0.1) is 0 Å². The quantitative estimate of drug-likeness (QED) is 0.662. The number of hydrogen-bond acceptors (Lipinski definition) is 7. The van der Waals surface area contributed by atoms with Crippen LogP contribution in [0.1, 0.15) is 5.76 Å². The molecule has 0 saturated heterocycles.